The van der Waals surface area contributed by atoms with Crippen LogP contribution in [0.1, 0.15) is 6.92 Å². The number of ether oxygens (including phenoxy) is 2. The first-order valence-electron chi connectivity index (χ1n) is 7.74. The van der Waals surface area contributed by atoms with Crippen LogP contribution in [0, 0.1) is 0 Å². The van der Waals surface area contributed by atoms with Crippen molar-refractivity contribution >= 4 is 11.7 Å². The van der Waals surface area contributed by atoms with Crippen molar-refractivity contribution in [3.8, 4) is 5.75 Å². The van der Waals surface area contributed by atoms with Crippen LogP contribution in [0.5, 0.6) is 5.75 Å². The maximum atomic E-state index is 12.0. The predicted molar refractivity (Wildman–Crippen MR) is 86.7 cm³/mol. The average molecular weight is 307 g/mol. The van der Waals surface area contributed by atoms with Crippen LogP contribution in [0.25, 0.3) is 0 Å². The van der Waals surface area contributed by atoms with Gasteiger partial charge >= 0.3 is 6.03 Å². The molecule has 0 atom stereocenters. The number of piperazine rings is 1. The molecule has 0 radical (unpaired) electrons. The normalized spacial score (nSPS) is 14.8. The Kier molecular flexibility index (Phi) is 6.33. The Bertz CT molecular complexity index is 456. The fourth-order valence-electron chi connectivity index (χ4n) is 2.46. The third-order valence-electron chi connectivity index (χ3n) is 3.66. The topological polar surface area (TPSA) is 54.0 Å². The van der Waals surface area contributed by atoms with E-state index in [9.17, 15) is 4.79 Å². The Morgan fingerprint density at radius 2 is 1.86 bits per heavy atom. The van der Waals surface area contributed by atoms with Gasteiger partial charge in [0.25, 0.3) is 0 Å². The number of anilines is 1. The number of hydrogen-bond donors (Lipinski definition) is 1. The smallest absolute Gasteiger partial charge is 0.317 e. The molecule has 1 aromatic rings. The van der Waals surface area contributed by atoms with Gasteiger partial charge in [-0.2, -0.15) is 0 Å². The first kappa shape index (κ1) is 16.4. The Morgan fingerprint density at radius 1 is 1.18 bits per heavy atom. The predicted octanol–water partition coefficient (Wildman–Crippen LogP) is 1.56. The van der Waals surface area contributed by atoms with Crippen molar-refractivity contribution in [2.45, 2.75) is 6.92 Å². The summed E-state index contributed by atoms with van der Waals surface area (Å²) in [6.45, 7) is 6.88. The van der Waals surface area contributed by atoms with E-state index in [0.717, 1.165) is 31.9 Å². The third-order valence-corrected chi connectivity index (χ3v) is 3.66. The van der Waals surface area contributed by atoms with E-state index >= 15 is 0 Å². The van der Waals surface area contributed by atoms with Gasteiger partial charge in [0, 0.05) is 45.5 Å². The van der Waals surface area contributed by atoms with Gasteiger partial charge in [0.1, 0.15) is 5.75 Å². The number of urea groups is 1. The maximum Gasteiger partial charge on any atom is 0.317 e. The van der Waals surface area contributed by atoms with Crippen LogP contribution in [0.4, 0.5) is 10.5 Å². The average Bonchev–Trinajstić information content (AvgIpc) is 2.56. The number of carbonyl (C=O) groups excluding carboxylic acids is 1. The SMILES string of the molecule is CCOc1ccc(N2CCN(C(=O)NCCOC)CC2)cc1. The summed E-state index contributed by atoms with van der Waals surface area (Å²) in [6.07, 6.45) is 0. The number of rotatable bonds is 6. The van der Waals surface area contributed by atoms with Crippen molar-refractivity contribution in [1.29, 1.82) is 0 Å². The van der Waals surface area contributed by atoms with Crippen LogP contribution >= 0.6 is 0 Å². The Hall–Kier alpha value is -1.95. The zero-order chi connectivity index (χ0) is 15.8. The fourth-order valence-corrected chi connectivity index (χ4v) is 2.46. The molecule has 2 amide bonds. The van der Waals surface area contributed by atoms with Crippen molar-refractivity contribution in [3.63, 3.8) is 0 Å². The molecule has 0 aromatic heterocycles. The maximum absolute atomic E-state index is 12.0. The molecule has 0 saturated carbocycles. The second-order valence-electron chi connectivity index (χ2n) is 5.13. The zero-order valence-electron chi connectivity index (χ0n) is 13.4. The minimum Gasteiger partial charge on any atom is -0.494 e. The van der Waals surface area contributed by atoms with E-state index in [0.29, 0.717) is 19.8 Å². The molecular formula is C16H25N3O3. The van der Waals surface area contributed by atoms with Gasteiger partial charge in [-0.3, -0.25) is 0 Å². The molecule has 2 rings (SSSR count). The van der Waals surface area contributed by atoms with Crippen LogP contribution in [0.3, 0.4) is 0 Å². The number of amides is 2. The molecule has 6 heteroatoms. The van der Waals surface area contributed by atoms with E-state index in [-0.39, 0.29) is 6.03 Å². The van der Waals surface area contributed by atoms with Crippen LogP contribution in [0.15, 0.2) is 24.3 Å². The van der Waals surface area contributed by atoms with E-state index < -0.39 is 0 Å². The number of methoxy groups -OCH3 is 1. The van der Waals surface area contributed by atoms with Gasteiger partial charge in [-0.05, 0) is 31.2 Å². The Balaban J connectivity index is 1.80. The quantitative estimate of drug-likeness (QED) is 0.811. The van der Waals surface area contributed by atoms with E-state index in [1.54, 1.807) is 7.11 Å². The van der Waals surface area contributed by atoms with Gasteiger partial charge in [0.15, 0.2) is 0 Å². The molecule has 0 spiro atoms. The molecule has 1 N–H and O–H groups in total. The fraction of sp³-hybridized carbons (Fsp3) is 0.562. The molecule has 22 heavy (non-hydrogen) atoms. The second kappa shape index (κ2) is 8.48. The van der Waals surface area contributed by atoms with Crippen LogP contribution < -0.4 is 15.0 Å². The van der Waals surface area contributed by atoms with Crippen molar-refractivity contribution in [2.75, 3.05) is 57.9 Å². The summed E-state index contributed by atoms with van der Waals surface area (Å²) >= 11 is 0. The molecule has 1 aliphatic rings. The lowest BCUT2D eigenvalue weighted by molar-refractivity contribution is 0.177. The highest BCUT2D eigenvalue weighted by molar-refractivity contribution is 5.74. The lowest BCUT2D eigenvalue weighted by Crippen LogP contribution is -2.52. The summed E-state index contributed by atoms with van der Waals surface area (Å²) in [5.41, 5.74) is 1.17. The molecule has 1 fully saturated rings. The number of nitrogens with zero attached hydrogens (tertiary/aromatic N) is 2. The molecule has 0 aliphatic carbocycles. The number of hydrogen-bond acceptors (Lipinski definition) is 4. The van der Waals surface area contributed by atoms with Crippen molar-refractivity contribution < 1.29 is 14.3 Å². The van der Waals surface area contributed by atoms with E-state index in [1.165, 1.54) is 5.69 Å². The van der Waals surface area contributed by atoms with Gasteiger partial charge in [0.2, 0.25) is 0 Å². The van der Waals surface area contributed by atoms with Gasteiger partial charge in [-0.15, -0.1) is 0 Å². The van der Waals surface area contributed by atoms with Gasteiger partial charge < -0.3 is 24.6 Å². The highest BCUT2D eigenvalue weighted by Gasteiger charge is 2.20. The molecule has 6 nitrogen and oxygen atoms in total. The van der Waals surface area contributed by atoms with E-state index in [4.69, 9.17) is 9.47 Å². The highest BCUT2D eigenvalue weighted by atomic mass is 16.5. The number of carbonyl (C=O) groups is 1. The lowest BCUT2D eigenvalue weighted by atomic mass is 10.2. The minimum absolute atomic E-state index is 0.0107. The van der Waals surface area contributed by atoms with Crippen molar-refractivity contribution in [2.24, 2.45) is 0 Å². The van der Waals surface area contributed by atoms with Crippen molar-refractivity contribution in [3.05, 3.63) is 24.3 Å². The largest absolute Gasteiger partial charge is 0.494 e. The summed E-state index contributed by atoms with van der Waals surface area (Å²) in [5, 5.41) is 2.86. The van der Waals surface area contributed by atoms with Crippen LogP contribution in [-0.4, -0.2) is 64.0 Å². The van der Waals surface area contributed by atoms with E-state index in [2.05, 4.69) is 22.3 Å². The zero-order valence-corrected chi connectivity index (χ0v) is 13.4. The Morgan fingerprint density at radius 3 is 2.45 bits per heavy atom. The van der Waals surface area contributed by atoms with Crippen LogP contribution in [-0.2, 0) is 4.74 Å². The molecule has 1 saturated heterocycles. The number of benzene rings is 1. The molecular weight excluding hydrogens is 282 g/mol. The van der Waals surface area contributed by atoms with Gasteiger partial charge in [0.05, 0.1) is 13.2 Å². The highest BCUT2D eigenvalue weighted by Crippen LogP contribution is 2.20. The molecule has 0 unspecified atom stereocenters. The monoisotopic (exact) mass is 307 g/mol. The molecule has 1 heterocycles. The summed E-state index contributed by atoms with van der Waals surface area (Å²) in [6, 6.07) is 8.10. The first-order valence-corrected chi connectivity index (χ1v) is 7.74. The van der Waals surface area contributed by atoms with Gasteiger partial charge in [-0.1, -0.05) is 0 Å². The standard InChI is InChI=1S/C16H25N3O3/c1-3-22-15-6-4-14(5-7-15)18-9-11-19(12-10-18)16(20)17-8-13-21-2/h4-7H,3,8-13H2,1-2H3,(H,17,20). The van der Waals surface area contributed by atoms with Gasteiger partial charge in [-0.25, -0.2) is 4.79 Å². The van der Waals surface area contributed by atoms with Crippen LogP contribution in [0.2, 0.25) is 0 Å². The third kappa shape index (κ3) is 4.53. The Labute approximate surface area is 132 Å². The summed E-state index contributed by atoms with van der Waals surface area (Å²) < 4.78 is 10.4. The summed E-state index contributed by atoms with van der Waals surface area (Å²) in [5.74, 6) is 0.891. The minimum atomic E-state index is -0.0107. The van der Waals surface area contributed by atoms with E-state index in [1.807, 2.05) is 24.0 Å². The molecule has 1 aliphatic heterocycles. The molecule has 1 aromatic carbocycles. The number of nitrogens with one attached hydrogen (secondary N) is 1. The lowest BCUT2D eigenvalue weighted by Gasteiger charge is -2.36. The molecule has 122 valence electrons. The summed E-state index contributed by atoms with van der Waals surface area (Å²) in [4.78, 5) is 16.1. The second-order valence-corrected chi connectivity index (χ2v) is 5.13. The van der Waals surface area contributed by atoms with Crippen molar-refractivity contribution in [1.82, 2.24) is 10.2 Å². The first-order chi connectivity index (χ1) is 10.7. The summed E-state index contributed by atoms with van der Waals surface area (Å²) in [7, 11) is 1.63. The molecule has 0 bridgehead atoms.